The maximum atomic E-state index is 12.8. The Hall–Kier alpha value is -2.37. The van der Waals surface area contributed by atoms with Crippen molar-refractivity contribution >= 4 is 45.7 Å². The Bertz CT molecular complexity index is 1080. The molecule has 0 saturated carbocycles. The van der Waals surface area contributed by atoms with Gasteiger partial charge in [0.15, 0.2) is 0 Å². The Morgan fingerprint density at radius 1 is 1.19 bits per heavy atom. The van der Waals surface area contributed by atoms with Crippen molar-refractivity contribution in [1.29, 1.82) is 0 Å². The maximum Gasteiger partial charge on any atom is 0.261 e. The van der Waals surface area contributed by atoms with Crippen molar-refractivity contribution in [1.82, 2.24) is 9.55 Å². The summed E-state index contributed by atoms with van der Waals surface area (Å²) in [7, 11) is 0. The van der Waals surface area contributed by atoms with Gasteiger partial charge in [0.05, 0.1) is 22.3 Å². The van der Waals surface area contributed by atoms with E-state index in [1.165, 1.54) is 23.0 Å². The van der Waals surface area contributed by atoms with Crippen LogP contribution < -0.4 is 10.5 Å². The molecule has 0 fully saturated rings. The largest absolute Gasteiger partial charge is 0.311 e. The first-order valence-electron chi connectivity index (χ1n) is 8.27. The number of hydrogen-bond donors (Lipinski definition) is 0. The molecular weight excluding hydrogens is 373 g/mol. The fourth-order valence-electron chi connectivity index (χ4n) is 3.33. The van der Waals surface area contributed by atoms with Crippen LogP contribution in [0.4, 0.5) is 5.69 Å². The molecule has 0 bridgehead atoms. The van der Waals surface area contributed by atoms with Crippen LogP contribution in [0.2, 0.25) is 10.0 Å². The second kappa shape index (κ2) is 6.74. The number of amides is 1. The molecule has 7 heteroatoms. The number of aromatic nitrogens is 2. The maximum absolute atomic E-state index is 12.8. The molecule has 0 atom stereocenters. The van der Waals surface area contributed by atoms with Crippen LogP contribution in [0, 0.1) is 0 Å². The second-order valence-electron chi connectivity index (χ2n) is 6.24. The van der Waals surface area contributed by atoms with Crippen LogP contribution in [-0.2, 0) is 17.8 Å². The number of aryl methyl sites for hydroxylation is 1. The van der Waals surface area contributed by atoms with Gasteiger partial charge in [0, 0.05) is 17.3 Å². The lowest BCUT2D eigenvalue weighted by molar-refractivity contribution is -0.119. The van der Waals surface area contributed by atoms with Crippen LogP contribution in [0.5, 0.6) is 0 Å². The monoisotopic (exact) mass is 387 g/mol. The SMILES string of the molecule is O=C(Cn1cnc2c(Cl)cc(Cl)cc2c1=O)N1CCCc2ccccc21. The van der Waals surface area contributed by atoms with Crippen molar-refractivity contribution in [3.8, 4) is 0 Å². The fraction of sp³-hybridized carbons (Fsp3) is 0.211. The number of para-hydroxylation sites is 1. The predicted molar refractivity (Wildman–Crippen MR) is 103 cm³/mol. The van der Waals surface area contributed by atoms with Crippen molar-refractivity contribution < 1.29 is 4.79 Å². The van der Waals surface area contributed by atoms with E-state index >= 15 is 0 Å². The molecule has 2 aromatic carbocycles. The van der Waals surface area contributed by atoms with Crippen molar-refractivity contribution in [3.63, 3.8) is 0 Å². The molecule has 3 aromatic rings. The third kappa shape index (κ3) is 2.97. The van der Waals surface area contributed by atoms with Gasteiger partial charge < -0.3 is 4.90 Å². The predicted octanol–water partition coefficient (Wildman–Crippen LogP) is 3.68. The van der Waals surface area contributed by atoms with E-state index in [0.717, 1.165) is 24.1 Å². The van der Waals surface area contributed by atoms with E-state index < -0.39 is 0 Å². The average Bonchev–Trinajstić information content (AvgIpc) is 2.64. The quantitative estimate of drug-likeness (QED) is 0.673. The number of anilines is 1. The highest BCUT2D eigenvalue weighted by Gasteiger charge is 2.23. The van der Waals surface area contributed by atoms with Crippen LogP contribution >= 0.6 is 23.2 Å². The summed E-state index contributed by atoms with van der Waals surface area (Å²) >= 11 is 12.1. The first-order valence-corrected chi connectivity index (χ1v) is 9.02. The Balaban J connectivity index is 1.69. The smallest absolute Gasteiger partial charge is 0.261 e. The first-order chi connectivity index (χ1) is 12.5. The van der Waals surface area contributed by atoms with Crippen LogP contribution in [-0.4, -0.2) is 22.0 Å². The van der Waals surface area contributed by atoms with E-state index in [0.29, 0.717) is 27.5 Å². The molecule has 4 rings (SSSR count). The van der Waals surface area contributed by atoms with E-state index in [4.69, 9.17) is 23.2 Å². The number of benzene rings is 2. The summed E-state index contributed by atoms with van der Waals surface area (Å²) < 4.78 is 1.30. The van der Waals surface area contributed by atoms with Gasteiger partial charge in [-0.3, -0.25) is 14.2 Å². The lowest BCUT2D eigenvalue weighted by atomic mass is 10.0. The molecule has 1 amide bonds. The van der Waals surface area contributed by atoms with E-state index in [1.807, 2.05) is 24.3 Å². The lowest BCUT2D eigenvalue weighted by Crippen LogP contribution is -2.39. The van der Waals surface area contributed by atoms with E-state index in [-0.39, 0.29) is 18.0 Å². The molecule has 0 unspecified atom stereocenters. The Morgan fingerprint density at radius 3 is 2.85 bits per heavy atom. The van der Waals surface area contributed by atoms with Gasteiger partial charge in [0.2, 0.25) is 5.91 Å². The van der Waals surface area contributed by atoms with Crippen LogP contribution in [0.25, 0.3) is 10.9 Å². The van der Waals surface area contributed by atoms with E-state index in [1.54, 1.807) is 4.90 Å². The Morgan fingerprint density at radius 2 is 2.00 bits per heavy atom. The normalized spacial score (nSPS) is 13.7. The highest BCUT2D eigenvalue weighted by Crippen LogP contribution is 2.27. The number of fused-ring (bicyclic) bond motifs is 2. The summed E-state index contributed by atoms with van der Waals surface area (Å²) in [5.41, 5.74) is 2.11. The molecule has 2 heterocycles. The minimum absolute atomic E-state index is 0.0831. The van der Waals surface area contributed by atoms with Crippen molar-refractivity contribution in [2.45, 2.75) is 19.4 Å². The summed E-state index contributed by atoms with van der Waals surface area (Å²) in [4.78, 5) is 31.5. The van der Waals surface area contributed by atoms with Crippen molar-refractivity contribution in [2.75, 3.05) is 11.4 Å². The molecule has 0 saturated heterocycles. The molecule has 1 aliphatic rings. The van der Waals surface area contributed by atoms with Crippen molar-refractivity contribution in [3.05, 3.63) is 68.7 Å². The zero-order valence-electron chi connectivity index (χ0n) is 13.8. The fourth-order valence-corrected chi connectivity index (χ4v) is 3.87. The molecule has 1 aromatic heterocycles. The lowest BCUT2D eigenvalue weighted by Gasteiger charge is -2.29. The number of carbonyl (C=O) groups excluding carboxylic acids is 1. The zero-order chi connectivity index (χ0) is 18.3. The number of carbonyl (C=O) groups is 1. The van der Waals surface area contributed by atoms with E-state index in [9.17, 15) is 9.59 Å². The molecular formula is C19H15Cl2N3O2. The highest BCUT2D eigenvalue weighted by molar-refractivity contribution is 6.38. The highest BCUT2D eigenvalue weighted by atomic mass is 35.5. The van der Waals surface area contributed by atoms with Gasteiger partial charge in [0.25, 0.3) is 5.56 Å². The first kappa shape index (κ1) is 17.1. The number of halogens is 2. The Kier molecular flexibility index (Phi) is 4.42. The zero-order valence-corrected chi connectivity index (χ0v) is 15.3. The summed E-state index contributed by atoms with van der Waals surface area (Å²) in [5, 5.41) is 0.973. The second-order valence-corrected chi connectivity index (χ2v) is 7.08. The number of nitrogens with zero attached hydrogens (tertiary/aromatic N) is 3. The van der Waals surface area contributed by atoms with Gasteiger partial charge in [-0.2, -0.15) is 0 Å². The van der Waals surface area contributed by atoms with Crippen LogP contribution in [0.3, 0.4) is 0 Å². The minimum atomic E-state index is -0.335. The van der Waals surface area contributed by atoms with Gasteiger partial charge >= 0.3 is 0 Å². The molecule has 132 valence electrons. The topological polar surface area (TPSA) is 55.2 Å². The van der Waals surface area contributed by atoms with Gasteiger partial charge in [-0.15, -0.1) is 0 Å². The number of rotatable bonds is 2. The van der Waals surface area contributed by atoms with Crippen LogP contribution in [0.15, 0.2) is 47.5 Å². The standard InChI is InChI=1S/C19H15Cl2N3O2/c20-13-8-14-18(15(21)9-13)22-11-23(19(14)26)10-17(25)24-7-3-5-12-4-1-2-6-16(12)24/h1-2,4,6,8-9,11H,3,5,7,10H2. The van der Waals surface area contributed by atoms with Gasteiger partial charge in [0.1, 0.15) is 6.54 Å². The van der Waals surface area contributed by atoms with E-state index in [2.05, 4.69) is 4.98 Å². The molecule has 1 aliphatic heterocycles. The average molecular weight is 388 g/mol. The molecule has 0 N–H and O–H groups in total. The van der Waals surface area contributed by atoms with Gasteiger partial charge in [-0.05, 0) is 36.6 Å². The number of hydrogen-bond acceptors (Lipinski definition) is 3. The third-order valence-corrected chi connectivity index (χ3v) is 5.07. The molecule has 0 radical (unpaired) electrons. The molecule has 5 nitrogen and oxygen atoms in total. The summed E-state index contributed by atoms with van der Waals surface area (Å²) in [5.74, 6) is -0.145. The molecule has 0 aliphatic carbocycles. The summed E-state index contributed by atoms with van der Waals surface area (Å²) in [6, 6.07) is 10.9. The van der Waals surface area contributed by atoms with Gasteiger partial charge in [-0.1, -0.05) is 41.4 Å². The third-order valence-electron chi connectivity index (χ3n) is 4.56. The van der Waals surface area contributed by atoms with Crippen molar-refractivity contribution in [2.24, 2.45) is 0 Å². The summed E-state index contributed by atoms with van der Waals surface area (Å²) in [6.07, 6.45) is 3.21. The Labute approximate surface area is 159 Å². The van der Waals surface area contributed by atoms with Gasteiger partial charge in [-0.25, -0.2) is 4.98 Å². The van der Waals surface area contributed by atoms with Crippen LogP contribution in [0.1, 0.15) is 12.0 Å². The molecule has 26 heavy (non-hydrogen) atoms. The minimum Gasteiger partial charge on any atom is -0.311 e. The summed E-state index contributed by atoms with van der Waals surface area (Å²) in [6.45, 7) is 0.559. The molecule has 0 spiro atoms.